The normalized spacial score (nSPS) is 11.2. The van der Waals surface area contributed by atoms with Gasteiger partial charge in [0, 0.05) is 6.54 Å². The minimum atomic E-state index is 0.663. The van der Waals surface area contributed by atoms with Crippen LogP contribution in [0.4, 0.5) is 0 Å². The van der Waals surface area contributed by atoms with Gasteiger partial charge in [0.05, 0.1) is 18.4 Å². The topological polar surface area (TPSA) is 42.7 Å². The van der Waals surface area contributed by atoms with E-state index in [1.54, 1.807) is 11.3 Å². The monoisotopic (exact) mass is 250 g/mol. The molecule has 0 radical (unpaired) electrons. The first-order valence-corrected chi connectivity index (χ1v) is 6.79. The van der Waals surface area contributed by atoms with Crippen LogP contribution in [0.15, 0.2) is 23.0 Å². The summed E-state index contributed by atoms with van der Waals surface area (Å²) in [4.78, 5) is 0. The fourth-order valence-corrected chi connectivity index (χ4v) is 2.22. The summed E-state index contributed by atoms with van der Waals surface area (Å²) in [5.41, 5.74) is 2.28. The maximum absolute atomic E-state index is 4.15. The first-order chi connectivity index (χ1) is 8.24. The Morgan fingerprint density at radius 1 is 1.47 bits per heavy atom. The summed E-state index contributed by atoms with van der Waals surface area (Å²) in [6.07, 6.45) is 2.00. The molecule has 0 bridgehead atoms. The smallest absolute Gasteiger partial charge is 0.0964 e. The summed E-state index contributed by atoms with van der Waals surface area (Å²) < 4.78 is 1.88. The van der Waals surface area contributed by atoms with Crippen LogP contribution in [0.25, 0.3) is 0 Å². The van der Waals surface area contributed by atoms with E-state index < -0.39 is 0 Å². The summed E-state index contributed by atoms with van der Waals surface area (Å²) in [6.45, 7) is 7.00. The van der Waals surface area contributed by atoms with Crippen molar-refractivity contribution in [1.29, 1.82) is 0 Å². The van der Waals surface area contributed by atoms with Crippen molar-refractivity contribution in [3.8, 4) is 0 Å². The Bertz CT molecular complexity index is 433. The number of hydrogen-bond donors (Lipinski definition) is 1. The SMILES string of the molecule is CC(C)CNCc1cn(Cc2ccsc2)nn1. The summed E-state index contributed by atoms with van der Waals surface area (Å²) in [6, 6.07) is 2.11. The number of rotatable bonds is 6. The van der Waals surface area contributed by atoms with Gasteiger partial charge in [0.2, 0.25) is 0 Å². The second-order valence-corrected chi connectivity index (χ2v) is 5.34. The van der Waals surface area contributed by atoms with Gasteiger partial charge in [0.15, 0.2) is 0 Å². The Morgan fingerprint density at radius 3 is 3.06 bits per heavy atom. The molecule has 0 atom stereocenters. The predicted molar refractivity (Wildman–Crippen MR) is 70.0 cm³/mol. The molecule has 0 fully saturated rings. The molecule has 0 unspecified atom stereocenters. The molecule has 1 N–H and O–H groups in total. The molecule has 0 spiro atoms. The van der Waals surface area contributed by atoms with Crippen LogP contribution in [0.5, 0.6) is 0 Å². The van der Waals surface area contributed by atoms with E-state index in [0.29, 0.717) is 5.92 Å². The average molecular weight is 250 g/mol. The maximum Gasteiger partial charge on any atom is 0.0964 e. The first kappa shape index (κ1) is 12.3. The van der Waals surface area contributed by atoms with E-state index in [1.165, 1.54) is 5.56 Å². The highest BCUT2D eigenvalue weighted by molar-refractivity contribution is 7.07. The lowest BCUT2D eigenvalue weighted by atomic mass is 10.2. The maximum atomic E-state index is 4.15. The van der Waals surface area contributed by atoms with Crippen molar-refractivity contribution in [2.24, 2.45) is 5.92 Å². The fourth-order valence-electron chi connectivity index (χ4n) is 1.56. The van der Waals surface area contributed by atoms with Crippen LogP contribution in [0.2, 0.25) is 0 Å². The van der Waals surface area contributed by atoms with Crippen LogP contribution >= 0.6 is 11.3 Å². The van der Waals surface area contributed by atoms with Gasteiger partial charge in [-0.1, -0.05) is 19.1 Å². The lowest BCUT2D eigenvalue weighted by molar-refractivity contribution is 0.548. The van der Waals surface area contributed by atoms with Crippen molar-refractivity contribution >= 4 is 11.3 Å². The van der Waals surface area contributed by atoms with E-state index in [9.17, 15) is 0 Å². The number of thiophene rings is 1. The molecule has 2 rings (SSSR count). The van der Waals surface area contributed by atoms with Gasteiger partial charge in [0.1, 0.15) is 0 Å². The summed E-state index contributed by atoms with van der Waals surface area (Å²) in [7, 11) is 0. The second-order valence-electron chi connectivity index (χ2n) is 4.56. The van der Waals surface area contributed by atoms with Crippen molar-refractivity contribution in [2.75, 3.05) is 6.54 Å². The summed E-state index contributed by atoms with van der Waals surface area (Å²) in [5, 5.41) is 15.8. The lowest BCUT2D eigenvalue weighted by Gasteiger charge is -2.04. The largest absolute Gasteiger partial charge is 0.311 e. The standard InChI is InChI=1S/C12H18N4S/c1-10(2)5-13-6-12-8-16(15-14-12)7-11-3-4-17-9-11/h3-4,8-10,13H,5-7H2,1-2H3. The zero-order valence-electron chi connectivity index (χ0n) is 10.3. The quantitative estimate of drug-likeness (QED) is 0.854. The molecular formula is C12H18N4S. The zero-order valence-corrected chi connectivity index (χ0v) is 11.1. The molecule has 0 amide bonds. The van der Waals surface area contributed by atoms with Crippen LogP contribution in [0.1, 0.15) is 25.1 Å². The van der Waals surface area contributed by atoms with Crippen molar-refractivity contribution in [3.63, 3.8) is 0 Å². The molecule has 5 heteroatoms. The Hall–Kier alpha value is -1.20. The highest BCUT2D eigenvalue weighted by Gasteiger charge is 2.02. The zero-order chi connectivity index (χ0) is 12.1. The van der Waals surface area contributed by atoms with Gasteiger partial charge in [0.25, 0.3) is 0 Å². The lowest BCUT2D eigenvalue weighted by Crippen LogP contribution is -2.19. The highest BCUT2D eigenvalue weighted by atomic mass is 32.1. The van der Waals surface area contributed by atoms with Crippen molar-refractivity contribution < 1.29 is 0 Å². The van der Waals surface area contributed by atoms with Crippen LogP contribution in [-0.4, -0.2) is 21.5 Å². The molecular weight excluding hydrogens is 232 g/mol. The number of nitrogens with zero attached hydrogens (tertiary/aromatic N) is 3. The van der Waals surface area contributed by atoms with Crippen LogP contribution in [0.3, 0.4) is 0 Å². The van der Waals surface area contributed by atoms with Gasteiger partial charge in [-0.3, -0.25) is 0 Å². The molecule has 0 saturated carbocycles. The Balaban J connectivity index is 1.83. The van der Waals surface area contributed by atoms with E-state index in [4.69, 9.17) is 0 Å². The van der Waals surface area contributed by atoms with Crippen LogP contribution in [-0.2, 0) is 13.1 Å². The number of hydrogen-bond acceptors (Lipinski definition) is 4. The van der Waals surface area contributed by atoms with Gasteiger partial charge in [-0.2, -0.15) is 11.3 Å². The minimum absolute atomic E-state index is 0.663. The molecule has 0 aromatic carbocycles. The van der Waals surface area contributed by atoms with Gasteiger partial charge >= 0.3 is 0 Å². The van der Waals surface area contributed by atoms with E-state index in [1.807, 2.05) is 10.9 Å². The van der Waals surface area contributed by atoms with Crippen LogP contribution in [0, 0.1) is 5.92 Å². The first-order valence-electron chi connectivity index (χ1n) is 5.85. The molecule has 2 aromatic heterocycles. The molecule has 17 heavy (non-hydrogen) atoms. The second kappa shape index (κ2) is 5.93. The molecule has 0 saturated heterocycles. The van der Waals surface area contributed by atoms with Crippen molar-refractivity contribution in [2.45, 2.75) is 26.9 Å². The van der Waals surface area contributed by atoms with Gasteiger partial charge in [-0.15, -0.1) is 5.10 Å². The van der Waals surface area contributed by atoms with E-state index in [-0.39, 0.29) is 0 Å². The fraction of sp³-hybridized carbons (Fsp3) is 0.500. The Kier molecular flexibility index (Phi) is 4.28. The highest BCUT2D eigenvalue weighted by Crippen LogP contribution is 2.07. The average Bonchev–Trinajstić information content (AvgIpc) is 2.90. The van der Waals surface area contributed by atoms with Crippen LogP contribution < -0.4 is 5.32 Å². The predicted octanol–water partition coefficient (Wildman–Crippen LogP) is 2.13. The Morgan fingerprint density at radius 2 is 2.35 bits per heavy atom. The van der Waals surface area contributed by atoms with Gasteiger partial charge < -0.3 is 5.32 Å². The van der Waals surface area contributed by atoms with E-state index >= 15 is 0 Å². The molecule has 0 aliphatic carbocycles. The van der Waals surface area contributed by atoms with Crippen molar-refractivity contribution in [1.82, 2.24) is 20.3 Å². The number of aromatic nitrogens is 3. The molecule has 2 heterocycles. The third-order valence-corrected chi connectivity index (χ3v) is 3.10. The Labute approximate surface area is 106 Å². The summed E-state index contributed by atoms with van der Waals surface area (Å²) in [5.74, 6) is 0.663. The molecule has 0 aliphatic heterocycles. The summed E-state index contributed by atoms with van der Waals surface area (Å²) >= 11 is 1.71. The molecule has 4 nitrogen and oxygen atoms in total. The molecule has 0 aliphatic rings. The van der Waals surface area contributed by atoms with Crippen molar-refractivity contribution in [3.05, 3.63) is 34.3 Å². The number of nitrogens with one attached hydrogen (secondary N) is 1. The van der Waals surface area contributed by atoms with E-state index in [2.05, 4.69) is 46.3 Å². The van der Waals surface area contributed by atoms with Gasteiger partial charge in [-0.05, 0) is 34.9 Å². The third kappa shape index (κ3) is 3.94. The molecule has 92 valence electrons. The minimum Gasteiger partial charge on any atom is -0.311 e. The third-order valence-electron chi connectivity index (χ3n) is 2.37. The van der Waals surface area contributed by atoms with E-state index in [0.717, 1.165) is 25.3 Å². The van der Waals surface area contributed by atoms with Gasteiger partial charge in [-0.25, -0.2) is 4.68 Å². The molecule has 2 aromatic rings.